The molecule has 1 aliphatic heterocycles. The van der Waals surface area contributed by atoms with Crippen molar-refractivity contribution in [3.05, 3.63) is 30.1 Å². The van der Waals surface area contributed by atoms with E-state index < -0.39 is 30.3 Å². The van der Waals surface area contributed by atoms with Crippen LogP contribution in [0, 0.1) is 0 Å². The number of carbonyl (C=O) groups is 3. The van der Waals surface area contributed by atoms with E-state index in [-0.39, 0.29) is 6.54 Å². The molecule has 2 heterocycles. The summed E-state index contributed by atoms with van der Waals surface area (Å²) in [6.07, 6.45) is -3.85. The first-order chi connectivity index (χ1) is 13.6. The van der Waals surface area contributed by atoms with E-state index >= 15 is 0 Å². The average molecular weight is 447 g/mol. The summed E-state index contributed by atoms with van der Waals surface area (Å²) in [5.74, 6) is -6.29. The second kappa shape index (κ2) is 11.7. The van der Waals surface area contributed by atoms with Gasteiger partial charge in [-0.25, -0.2) is 9.59 Å². The summed E-state index contributed by atoms with van der Waals surface area (Å²) < 4.78 is 63.5. The lowest BCUT2D eigenvalue weighted by molar-refractivity contribution is -0.193. The molecule has 0 bridgehead atoms. The Bertz CT molecular complexity index is 727. The Morgan fingerprint density at radius 1 is 0.967 bits per heavy atom. The number of halogens is 6. The Morgan fingerprint density at radius 2 is 1.47 bits per heavy atom. The van der Waals surface area contributed by atoms with Crippen molar-refractivity contribution in [2.75, 3.05) is 19.6 Å². The molecule has 0 radical (unpaired) electrons. The number of hydrogen-bond acceptors (Lipinski definition) is 6. The van der Waals surface area contributed by atoms with Crippen molar-refractivity contribution in [3.63, 3.8) is 0 Å². The van der Waals surface area contributed by atoms with Gasteiger partial charge in [0.15, 0.2) is 0 Å². The van der Waals surface area contributed by atoms with Gasteiger partial charge in [0.05, 0.1) is 18.9 Å². The maximum Gasteiger partial charge on any atom is 0.490 e. The number of hydrogen-bond donors (Lipinski definition) is 3. The van der Waals surface area contributed by atoms with Crippen LogP contribution in [0.4, 0.5) is 26.3 Å². The molecule has 0 aliphatic carbocycles. The van der Waals surface area contributed by atoms with E-state index in [2.05, 4.69) is 16.3 Å². The van der Waals surface area contributed by atoms with Crippen LogP contribution in [0.3, 0.4) is 0 Å². The second-order valence-corrected chi connectivity index (χ2v) is 5.35. The van der Waals surface area contributed by atoms with Crippen LogP contribution in [0.5, 0.6) is 0 Å². The number of aromatic nitrogens is 2. The highest BCUT2D eigenvalue weighted by atomic mass is 19.4. The number of carboxylic acid groups (broad SMARTS) is 3. The van der Waals surface area contributed by atoms with Gasteiger partial charge in [-0.05, 0) is 23.6 Å². The van der Waals surface area contributed by atoms with Crippen LogP contribution in [0.1, 0.15) is 12.0 Å². The van der Waals surface area contributed by atoms with Crippen LogP contribution >= 0.6 is 0 Å². The largest absolute Gasteiger partial charge is 0.490 e. The molecule has 0 saturated carbocycles. The molecule has 3 N–H and O–H groups in total. The molecule has 2 rings (SSSR count). The first kappa shape index (κ1) is 26.8. The molecule has 1 aromatic rings. The van der Waals surface area contributed by atoms with E-state index in [4.69, 9.17) is 24.9 Å². The summed E-state index contributed by atoms with van der Waals surface area (Å²) in [5.41, 5.74) is 2.29. The molecule has 15 heteroatoms. The fraction of sp³-hybridized carbons (Fsp3) is 0.400. The molecule has 168 valence electrons. The van der Waals surface area contributed by atoms with Crippen LogP contribution in [0.15, 0.2) is 24.5 Å². The molecule has 0 amide bonds. The zero-order chi connectivity index (χ0) is 23.5. The van der Waals surface area contributed by atoms with E-state index in [1.54, 1.807) is 12.4 Å². The van der Waals surface area contributed by atoms with Crippen molar-refractivity contribution in [1.29, 1.82) is 0 Å². The number of rotatable bonds is 3. The fourth-order valence-corrected chi connectivity index (χ4v) is 1.79. The van der Waals surface area contributed by atoms with Crippen molar-refractivity contribution in [3.8, 4) is 0 Å². The van der Waals surface area contributed by atoms with Gasteiger partial charge < -0.3 is 15.3 Å². The molecular weight excluding hydrogens is 432 g/mol. The first-order valence-electron chi connectivity index (χ1n) is 7.65. The van der Waals surface area contributed by atoms with Crippen molar-refractivity contribution in [1.82, 2.24) is 15.1 Å². The second-order valence-electron chi connectivity index (χ2n) is 5.35. The Balaban J connectivity index is 0.000000503. The monoisotopic (exact) mass is 447 g/mol. The predicted octanol–water partition coefficient (Wildman–Crippen LogP) is 1.92. The van der Waals surface area contributed by atoms with E-state index in [1.807, 2.05) is 11.0 Å². The van der Waals surface area contributed by atoms with Gasteiger partial charge in [0.1, 0.15) is 0 Å². The van der Waals surface area contributed by atoms with Crippen molar-refractivity contribution >= 4 is 23.5 Å². The molecule has 0 saturated heterocycles. The number of nitrogens with zero attached hydrogens (tertiary/aromatic N) is 3. The summed E-state index contributed by atoms with van der Waals surface area (Å²) in [7, 11) is 0. The minimum Gasteiger partial charge on any atom is -0.480 e. The zero-order valence-corrected chi connectivity index (χ0v) is 14.8. The summed E-state index contributed by atoms with van der Waals surface area (Å²) in [6, 6.07) is 1.92. The van der Waals surface area contributed by atoms with Crippen molar-refractivity contribution in [2.24, 2.45) is 0 Å². The van der Waals surface area contributed by atoms with Gasteiger partial charge in [0.2, 0.25) is 0 Å². The molecular formula is C15H15F6N3O6. The van der Waals surface area contributed by atoms with Crippen LogP contribution in [0.25, 0.3) is 5.57 Å². The molecule has 0 spiro atoms. The van der Waals surface area contributed by atoms with Crippen molar-refractivity contribution < 1.29 is 56.0 Å². The SMILES string of the molecule is O=C(O)C(F)(F)F.O=C(O)C(F)(F)F.O=C(O)CN1CC=C(c2ccnnc2)CC1. The van der Waals surface area contributed by atoms with Gasteiger partial charge in [-0.3, -0.25) is 9.69 Å². The smallest absolute Gasteiger partial charge is 0.480 e. The van der Waals surface area contributed by atoms with E-state index in [0.29, 0.717) is 6.54 Å². The quantitative estimate of drug-likeness (QED) is 0.593. The van der Waals surface area contributed by atoms with Crippen LogP contribution in [0.2, 0.25) is 0 Å². The lowest BCUT2D eigenvalue weighted by Gasteiger charge is -2.24. The van der Waals surface area contributed by atoms with E-state index in [9.17, 15) is 31.1 Å². The van der Waals surface area contributed by atoms with E-state index in [0.717, 1.165) is 18.5 Å². The molecule has 1 aliphatic rings. The number of alkyl halides is 6. The lowest BCUT2D eigenvalue weighted by atomic mass is 10.0. The number of aliphatic carboxylic acids is 3. The Morgan fingerprint density at radius 3 is 1.77 bits per heavy atom. The maximum absolute atomic E-state index is 10.6. The molecule has 30 heavy (non-hydrogen) atoms. The third-order valence-corrected chi connectivity index (χ3v) is 3.09. The van der Waals surface area contributed by atoms with Gasteiger partial charge >= 0.3 is 30.3 Å². The first-order valence-corrected chi connectivity index (χ1v) is 7.65. The predicted molar refractivity (Wildman–Crippen MR) is 86.1 cm³/mol. The third kappa shape index (κ3) is 11.6. The van der Waals surface area contributed by atoms with Gasteiger partial charge in [0, 0.05) is 13.1 Å². The standard InChI is InChI=1S/C11H13N3O2.2C2HF3O2/c15-11(16)8-14-5-2-9(3-6-14)10-1-4-12-13-7-10;2*3-2(4,5)1(6)7/h1-2,4,7H,3,5-6,8H2,(H,15,16);2*(H,6,7). The summed E-state index contributed by atoms with van der Waals surface area (Å²) in [6.45, 7) is 1.57. The summed E-state index contributed by atoms with van der Waals surface area (Å²) in [5, 5.41) is 30.5. The third-order valence-electron chi connectivity index (χ3n) is 3.09. The van der Waals surface area contributed by atoms with E-state index in [1.165, 1.54) is 5.57 Å². The fourth-order valence-electron chi connectivity index (χ4n) is 1.79. The Kier molecular flexibility index (Phi) is 10.4. The van der Waals surface area contributed by atoms with Crippen molar-refractivity contribution in [2.45, 2.75) is 18.8 Å². The van der Waals surface area contributed by atoms with Gasteiger partial charge in [0.25, 0.3) is 0 Å². The number of carboxylic acids is 3. The van der Waals surface area contributed by atoms with Crippen LogP contribution in [-0.2, 0) is 14.4 Å². The molecule has 0 aromatic carbocycles. The highest BCUT2D eigenvalue weighted by Crippen LogP contribution is 2.20. The topological polar surface area (TPSA) is 141 Å². The normalized spacial score (nSPS) is 14.3. The molecule has 1 aromatic heterocycles. The zero-order valence-electron chi connectivity index (χ0n) is 14.8. The Labute approximate surface area is 164 Å². The highest BCUT2D eigenvalue weighted by molar-refractivity contribution is 5.73. The van der Waals surface area contributed by atoms with Gasteiger partial charge in [-0.15, -0.1) is 0 Å². The average Bonchev–Trinajstić information content (AvgIpc) is 2.62. The van der Waals surface area contributed by atoms with Gasteiger partial charge in [-0.2, -0.15) is 36.5 Å². The highest BCUT2D eigenvalue weighted by Gasteiger charge is 2.38. The molecule has 0 unspecified atom stereocenters. The molecule has 9 nitrogen and oxygen atoms in total. The minimum atomic E-state index is -5.08. The lowest BCUT2D eigenvalue weighted by Crippen LogP contribution is -2.33. The summed E-state index contributed by atoms with van der Waals surface area (Å²) >= 11 is 0. The summed E-state index contributed by atoms with van der Waals surface area (Å²) in [4.78, 5) is 30.2. The molecule has 0 fully saturated rings. The maximum atomic E-state index is 10.6. The van der Waals surface area contributed by atoms with Crippen LogP contribution < -0.4 is 0 Å². The minimum absolute atomic E-state index is 0.109. The van der Waals surface area contributed by atoms with Crippen LogP contribution in [-0.4, -0.2) is 80.3 Å². The van der Waals surface area contributed by atoms with Gasteiger partial charge in [-0.1, -0.05) is 6.08 Å². The molecule has 0 atom stereocenters. The Hall–Kier alpha value is -3.23.